The van der Waals surface area contributed by atoms with Crippen LogP contribution in [0.25, 0.3) is 22.3 Å². The molecule has 1 fully saturated rings. The summed E-state index contributed by atoms with van der Waals surface area (Å²) < 4.78 is 14.5. The number of halogens is 1. The van der Waals surface area contributed by atoms with Gasteiger partial charge in [-0.3, -0.25) is 0 Å². The second-order valence-corrected chi connectivity index (χ2v) is 9.19. The molecule has 0 heterocycles. The van der Waals surface area contributed by atoms with E-state index >= 15 is 0 Å². The Labute approximate surface area is 191 Å². The predicted molar refractivity (Wildman–Crippen MR) is 131 cm³/mol. The molecular formula is C30H32FN. The Balaban J connectivity index is 1.63. The Morgan fingerprint density at radius 3 is 2.31 bits per heavy atom. The second-order valence-electron chi connectivity index (χ2n) is 9.19. The van der Waals surface area contributed by atoms with Gasteiger partial charge in [0.1, 0.15) is 11.9 Å². The highest BCUT2D eigenvalue weighted by molar-refractivity contribution is 5.84. The normalized spacial score (nSPS) is 18.3. The fraction of sp³-hybridized carbons (Fsp3) is 0.367. The van der Waals surface area contributed by atoms with Crippen LogP contribution >= 0.6 is 0 Å². The van der Waals surface area contributed by atoms with Gasteiger partial charge in [-0.2, -0.15) is 5.26 Å². The fourth-order valence-corrected chi connectivity index (χ4v) is 5.16. The van der Waals surface area contributed by atoms with Crippen LogP contribution in [0.4, 0.5) is 4.39 Å². The van der Waals surface area contributed by atoms with E-state index in [0.29, 0.717) is 5.92 Å². The third kappa shape index (κ3) is 5.10. The van der Waals surface area contributed by atoms with Gasteiger partial charge in [-0.05, 0) is 77.5 Å². The molecule has 2 heteroatoms. The standard InChI is InChI=1S/C30H32FN/c1-2-3-5-8-22-11-13-23(14-12-22)25-17-18-28(24-9-6-4-7-10-24)29(19-25)26-15-16-27(21-32)30(31)20-26/h4,6-7,9-10,15-20,22-23H,2-3,5,8,11-14H2,1H3. The molecule has 0 saturated heterocycles. The minimum Gasteiger partial charge on any atom is -0.206 e. The van der Waals surface area contributed by atoms with Crippen LogP contribution in [0, 0.1) is 23.1 Å². The molecule has 3 aromatic carbocycles. The number of hydrogen-bond donors (Lipinski definition) is 0. The highest BCUT2D eigenvalue weighted by Crippen LogP contribution is 2.41. The summed E-state index contributed by atoms with van der Waals surface area (Å²) in [5.41, 5.74) is 5.55. The molecule has 32 heavy (non-hydrogen) atoms. The zero-order valence-corrected chi connectivity index (χ0v) is 19.0. The van der Waals surface area contributed by atoms with E-state index in [-0.39, 0.29) is 5.56 Å². The van der Waals surface area contributed by atoms with E-state index in [4.69, 9.17) is 5.26 Å². The van der Waals surface area contributed by atoms with Gasteiger partial charge in [-0.15, -0.1) is 0 Å². The maximum atomic E-state index is 14.5. The van der Waals surface area contributed by atoms with Crippen molar-refractivity contribution in [1.82, 2.24) is 0 Å². The molecule has 0 spiro atoms. The van der Waals surface area contributed by atoms with Crippen molar-refractivity contribution >= 4 is 0 Å². The van der Waals surface area contributed by atoms with Crippen LogP contribution in [0.5, 0.6) is 0 Å². The van der Waals surface area contributed by atoms with Crippen LogP contribution in [-0.4, -0.2) is 0 Å². The minimum absolute atomic E-state index is 0.0903. The van der Waals surface area contributed by atoms with Crippen LogP contribution in [-0.2, 0) is 0 Å². The summed E-state index contributed by atoms with van der Waals surface area (Å²) in [7, 11) is 0. The third-order valence-corrected chi connectivity index (χ3v) is 7.06. The topological polar surface area (TPSA) is 23.8 Å². The monoisotopic (exact) mass is 425 g/mol. The molecule has 0 N–H and O–H groups in total. The number of nitriles is 1. The molecular weight excluding hydrogens is 393 g/mol. The zero-order chi connectivity index (χ0) is 22.3. The quantitative estimate of drug-likeness (QED) is 0.347. The van der Waals surface area contributed by atoms with Crippen molar-refractivity contribution in [1.29, 1.82) is 5.26 Å². The Kier molecular flexibility index (Phi) is 7.38. The van der Waals surface area contributed by atoms with E-state index in [1.54, 1.807) is 6.07 Å². The molecule has 0 aromatic heterocycles. The number of unbranched alkanes of at least 4 members (excludes halogenated alkanes) is 2. The molecule has 1 aliphatic rings. The van der Waals surface area contributed by atoms with Gasteiger partial charge in [0.15, 0.2) is 0 Å². The van der Waals surface area contributed by atoms with E-state index in [1.165, 1.54) is 63.0 Å². The summed E-state index contributed by atoms with van der Waals surface area (Å²) in [5.74, 6) is 1.000. The Morgan fingerprint density at radius 2 is 1.62 bits per heavy atom. The Hall–Kier alpha value is -2.92. The van der Waals surface area contributed by atoms with E-state index in [9.17, 15) is 4.39 Å². The fourth-order valence-electron chi connectivity index (χ4n) is 5.16. The molecule has 3 aromatic rings. The van der Waals surface area contributed by atoms with Gasteiger partial charge in [-0.25, -0.2) is 4.39 Å². The molecule has 0 atom stereocenters. The average molecular weight is 426 g/mol. The van der Waals surface area contributed by atoms with Gasteiger partial charge < -0.3 is 0 Å². The Morgan fingerprint density at radius 1 is 0.844 bits per heavy atom. The van der Waals surface area contributed by atoms with E-state index < -0.39 is 5.82 Å². The lowest BCUT2D eigenvalue weighted by atomic mass is 9.76. The van der Waals surface area contributed by atoms with Crippen molar-refractivity contribution in [2.75, 3.05) is 0 Å². The molecule has 0 aliphatic heterocycles. The number of rotatable bonds is 7. The van der Waals surface area contributed by atoms with Crippen LogP contribution in [0.1, 0.15) is 75.3 Å². The van der Waals surface area contributed by atoms with Crippen LogP contribution in [0.2, 0.25) is 0 Å². The highest BCUT2D eigenvalue weighted by atomic mass is 19.1. The van der Waals surface area contributed by atoms with E-state index in [2.05, 4.69) is 37.3 Å². The maximum absolute atomic E-state index is 14.5. The number of benzene rings is 3. The van der Waals surface area contributed by atoms with Crippen molar-refractivity contribution < 1.29 is 4.39 Å². The van der Waals surface area contributed by atoms with Gasteiger partial charge >= 0.3 is 0 Å². The lowest BCUT2D eigenvalue weighted by molar-refractivity contribution is 0.303. The number of nitrogens with zero attached hydrogens (tertiary/aromatic N) is 1. The molecule has 164 valence electrons. The molecule has 0 bridgehead atoms. The van der Waals surface area contributed by atoms with E-state index in [1.807, 2.05) is 30.3 Å². The average Bonchev–Trinajstić information content (AvgIpc) is 2.85. The summed E-state index contributed by atoms with van der Waals surface area (Å²) in [6, 6.07) is 23.9. The van der Waals surface area contributed by atoms with Crippen LogP contribution in [0.3, 0.4) is 0 Å². The third-order valence-electron chi connectivity index (χ3n) is 7.06. The molecule has 0 unspecified atom stereocenters. The van der Waals surface area contributed by atoms with Gasteiger partial charge in [0.05, 0.1) is 5.56 Å². The largest absolute Gasteiger partial charge is 0.206 e. The first kappa shape index (κ1) is 22.3. The van der Waals surface area contributed by atoms with Crippen molar-refractivity contribution in [3.63, 3.8) is 0 Å². The summed E-state index contributed by atoms with van der Waals surface area (Å²) in [4.78, 5) is 0. The van der Waals surface area contributed by atoms with Crippen molar-refractivity contribution in [2.45, 2.75) is 64.2 Å². The number of hydrogen-bond acceptors (Lipinski definition) is 1. The van der Waals surface area contributed by atoms with Gasteiger partial charge in [0, 0.05) is 0 Å². The summed E-state index contributed by atoms with van der Waals surface area (Å²) in [6.07, 6.45) is 10.5. The highest BCUT2D eigenvalue weighted by Gasteiger charge is 2.23. The minimum atomic E-state index is -0.456. The summed E-state index contributed by atoms with van der Waals surface area (Å²) in [5, 5.41) is 9.13. The molecule has 0 radical (unpaired) electrons. The smallest absolute Gasteiger partial charge is 0.141 e. The molecule has 1 saturated carbocycles. The van der Waals surface area contributed by atoms with Gasteiger partial charge in [-0.1, -0.05) is 87.2 Å². The Bertz CT molecular complexity index is 1070. The zero-order valence-electron chi connectivity index (χ0n) is 19.0. The molecule has 1 aliphatic carbocycles. The molecule has 4 rings (SSSR count). The SMILES string of the molecule is CCCCCC1CCC(c2ccc(-c3ccccc3)c(-c3ccc(C#N)c(F)c3)c2)CC1. The van der Waals surface area contributed by atoms with Gasteiger partial charge in [0.2, 0.25) is 0 Å². The first-order valence-corrected chi connectivity index (χ1v) is 12.1. The lowest BCUT2D eigenvalue weighted by Crippen LogP contribution is -2.13. The van der Waals surface area contributed by atoms with Crippen LogP contribution < -0.4 is 0 Å². The predicted octanol–water partition coefficient (Wildman–Crippen LogP) is 8.89. The summed E-state index contributed by atoms with van der Waals surface area (Å²) in [6.45, 7) is 2.27. The van der Waals surface area contributed by atoms with Crippen molar-refractivity contribution in [3.8, 4) is 28.3 Å². The van der Waals surface area contributed by atoms with Crippen molar-refractivity contribution in [2.24, 2.45) is 5.92 Å². The van der Waals surface area contributed by atoms with Crippen molar-refractivity contribution in [3.05, 3.63) is 83.7 Å². The first-order valence-electron chi connectivity index (χ1n) is 12.1. The second kappa shape index (κ2) is 10.6. The molecule has 0 amide bonds. The first-order chi connectivity index (χ1) is 15.7. The van der Waals surface area contributed by atoms with Crippen LogP contribution in [0.15, 0.2) is 66.7 Å². The lowest BCUT2D eigenvalue weighted by Gasteiger charge is -2.29. The summed E-state index contributed by atoms with van der Waals surface area (Å²) >= 11 is 0. The van der Waals surface area contributed by atoms with Gasteiger partial charge in [0.25, 0.3) is 0 Å². The van der Waals surface area contributed by atoms with E-state index in [0.717, 1.165) is 28.2 Å². The maximum Gasteiger partial charge on any atom is 0.141 e. The molecule has 1 nitrogen and oxygen atoms in total.